The standard InChI is InChI=1S/C14H18BNO3/c1-7-10-8-11(12(17-6)9-16-10)15-18-13(2,3)14(4,5)19-15/h1,8-9H,2-6H3. The third-order valence-electron chi connectivity index (χ3n) is 3.77. The summed E-state index contributed by atoms with van der Waals surface area (Å²) in [5.41, 5.74) is 0.499. The van der Waals surface area contributed by atoms with E-state index in [4.69, 9.17) is 20.5 Å². The summed E-state index contributed by atoms with van der Waals surface area (Å²) in [6.45, 7) is 8.01. The van der Waals surface area contributed by atoms with Crippen LogP contribution in [0.1, 0.15) is 33.4 Å². The monoisotopic (exact) mass is 259 g/mol. The summed E-state index contributed by atoms with van der Waals surface area (Å²) >= 11 is 0. The largest absolute Gasteiger partial charge is 0.498 e. The lowest BCUT2D eigenvalue weighted by atomic mass is 9.78. The fraction of sp³-hybridized carbons (Fsp3) is 0.500. The number of hydrogen-bond donors (Lipinski definition) is 0. The first-order valence-electron chi connectivity index (χ1n) is 6.17. The molecule has 1 aromatic rings. The first-order valence-corrected chi connectivity index (χ1v) is 6.17. The Morgan fingerprint density at radius 3 is 2.32 bits per heavy atom. The van der Waals surface area contributed by atoms with Gasteiger partial charge in [-0.3, -0.25) is 0 Å². The molecule has 1 aliphatic rings. The average Bonchev–Trinajstić information content (AvgIpc) is 2.57. The van der Waals surface area contributed by atoms with Crippen molar-refractivity contribution in [1.29, 1.82) is 0 Å². The van der Waals surface area contributed by atoms with Crippen molar-refractivity contribution >= 4 is 12.6 Å². The molecule has 0 aromatic carbocycles. The number of nitrogens with zero attached hydrogens (tertiary/aromatic N) is 1. The molecule has 5 heteroatoms. The zero-order valence-corrected chi connectivity index (χ0v) is 12.0. The Bertz CT molecular complexity index is 518. The van der Waals surface area contributed by atoms with E-state index in [0.717, 1.165) is 5.46 Å². The van der Waals surface area contributed by atoms with Crippen molar-refractivity contribution in [3.63, 3.8) is 0 Å². The molecule has 0 bridgehead atoms. The molecule has 0 unspecified atom stereocenters. The predicted octanol–water partition coefficient (Wildman–Crippen LogP) is 1.37. The van der Waals surface area contributed by atoms with E-state index in [1.54, 1.807) is 19.4 Å². The number of rotatable bonds is 2. The number of hydrogen-bond acceptors (Lipinski definition) is 4. The fourth-order valence-corrected chi connectivity index (χ4v) is 1.86. The Kier molecular flexibility index (Phi) is 3.33. The maximum atomic E-state index is 5.99. The summed E-state index contributed by atoms with van der Waals surface area (Å²) in [6, 6.07) is 1.76. The van der Waals surface area contributed by atoms with Gasteiger partial charge in [0.05, 0.1) is 24.5 Å². The third-order valence-corrected chi connectivity index (χ3v) is 3.77. The summed E-state index contributed by atoms with van der Waals surface area (Å²) < 4.78 is 17.3. The van der Waals surface area contributed by atoms with Crippen LogP contribution in [0.3, 0.4) is 0 Å². The highest BCUT2D eigenvalue weighted by molar-refractivity contribution is 6.63. The van der Waals surface area contributed by atoms with Gasteiger partial charge < -0.3 is 14.0 Å². The number of aromatic nitrogens is 1. The van der Waals surface area contributed by atoms with Crippen molar-refractivity contribution in [3.05, 3.63) is 18.0 Å². The van der Waals surface area contributed by atoms with Gasteiger partial charge in [-0.1, -0.05) is 5.92 Å². The van der Waals surface area contributed by atoms with Crippen LogP contribution < -0.4 is 10.2 Å². The zero-order chi connectivity index (χ0) is 14.3. The smallest absolute Gasteiger partial charge is 0.496 e. The van der Waals surface area contributed by atoms with Gasteiger partial charge in [0, 0.05) is 5.46 Å². The van der Waals surface area contributed by atoms with Crippen LogP contribution in [0, 0.1) is 12.3 Å². The normalized spacial score (nSPS) is 20.1. The number of methoxy groups -OCH3 is 1. The van der Waals surface area contributed by atoms with Crippen LogP contribution in [0.5, 0.6) is 5.75 Å². The third kappa shape index (κ3) is 2.34. The van der Waals surface area contributed by atoms with Crippen LogP contribution >= 0.6 is 0 Å². The van der Waals surface area contributed by atoms with E-state index in [-0.39, 0.29) is 0 Å². The molecule has 0 amide bonds. The zero-order valence-electron chi connectivity index (χ0n) is 12.0. The van der Waals surface area contributed by atoms with Crippen molar-refractivity contribution in [2.75, 3.05) is 7.11 Å². The molecule has 1 aliphatic heterocycles. The Morgan fingerprint density at radius 2 is 1.84 bits per heavy atom. The number of ether oxygens (including phenoxy) is 1. The molecule has 0 aliphatic carbocycles. The van der Waals surface area contributed by atoms with E-state index in [9.17, 15) is 0 Å². The van der Waals surface area contributed by atoms with Crippen molar-refractivity contribution < 1.29 is 14.0 Å². The highest BCUT2D eigenvalue weighted by atomic mass is 16.7. The molecule has 0 spiro atoms. The quantitative estimate of drug-likeness (QED) is 0.594. The highest BCUT2D eigenvalue weighted by Gasteiger charge is 2.52. The first-order chi connectivity index (χ1) is 8.80. The summed E-state index contributed by atoms with van der Waals surface area (Å²) in [6.07, 6.45) is 6.97. The molecule has 2 heterocycles. The van der Waals surface area contributed by atoms with E-state index in [1.807, 2.05) is 27.7 Å². The predicted molar refractivity (Wildman–Crippen MR) is 74.4 cm³/mol. The topological polar surface area (TPSA) is 40.6 Å². The van der Waals surface area contributed by atoms with Crippen LogP contribution in [0.4, 0.5) is 0 Å². The Morgan fingerprint density at radius 1 is 1.26 bits per heavy atom. The lowest BCUT2D eigenvalue weighted by Gasteiger charge is -2.32. The summed E-state index contributed by atoms with van der Waals surface area (Å²) in [7, 11) is 1.08. The summed E-state index contributed by atoms with van der Waals surface area (Å²) in [5, 5.41) is 0. The lowest BCUT2D eigenvalue weighted by molar-refractivity contribution is 0.00578. The average molecular weight is 259 g/mol. The maximum absolute atomic E-state index is 5.99. The van der Waals surface area contributed by atoms with E-state index in [0.29, 0.717) is 11.4 Å². The van der Waals surface area contributed by atoms with Gasteiger partial charge in [-0.2, -0.15) is 0 Å². The molecule has 0 atom stereocenters. The second kappa shape index (κ2) is 4.55. The van der Waals surface area contributed by atoms with Crippen LogP contribution in [-0.4, -0.2) is 30.4 Å². The van der Waals surface area contributed by atoms with Crippen LogP contribution in [-0.2, 0) is 9.31 Å². The molecule has 0 N–H and O–H groups in total. The van der Waals surface area contributed by atoms with E-state index < -0.39 is 18.3 Å². The molecule has 4 nitrogen and oxygen atoms in total. The Balaban J connectivity index is 2.41. The molecule has 0 saturated carbocycles. The number of terminal acetylenes is 1. The van der Waals surface area contributed by atoms with E-state index in [2.05, 4.69) is 10.9 Å². The molecule has 1 aromatic heterocycles. The molecule has 1 fully saturated rings. The Hall–Kier alpha value is -1.51. The van der Waals surface area contributed by atoms with Gasteiger partial charge in [-0.15, -0.1) is 6.42 Å². The minimum Gasteiger partial charge on any atom is -0.496 e. The van der Waals surface area contributed by atoms with E-state index in [1.165, 1.54) is 0 Å². The number of pyridine rings is 1. The molecule has 19 heavy (non-hydrogen) atoms. The summed E-state index contributed by atoms with van der Waals surface area (Å²) in [4.78, 5) is 4.10. The maximum Gasteiger partial charge on any atom is 0.498 e. The van der Waals surface area contributed by atoms with Gasteiger partial charge in [0.1, 0.15) is 11.4 Å². The van der Waals surface area contributed by atoms with Gasteiger partial charge in [-0.25, -0.2) is 4.98 Å². The molecular formula is C14H18BNO3. The van der Waals surface area contributed by atoms with Crippen molar-refractivity contribution in [1.82, 2.24) is 4.98 Å². The van der Waals surface area contributed by atoms with Crippen LogP contribution in [0.25, 0.3) is 0 Å². The van der Waals surface area contributed by atoms with E-state index >= 15 is 0 Å². The van der Waals surface area contributed by atoms with Crippen molar-refractivity contribution in [2.24, 2.45) is 0 Å². The molecule has 0 radical (unpaired) electrons. The van der Waals surface area contributed by atoms with Crippen LogP contribution in [0.2, 0.25) is 0 Å². The van der Waals surface area contributed by atoms with Gasteiger partial charge >= 0.3 is 7.12 Å². The molecule has 2 rings (SSSR count). The minimum atomic E-state index is -0.505. The molecule has 1 saturated heterocycles. The van der Waals surface area contributed by atoms with Crippen molar-refractivity contribution in [2.45, 2.75) is 38.9 Å². The van der Waals surface area contributed by atoms with Gasteiger partial charge in [0.25, 0.3) is 0 Å². The van der Waals surface area contributed by atoms with Gasteiger partial charge in [0.15, 0.2) is 0 Å². The fourth-order valence-electron chi connectivity index (χ4n) is 1.86. The van der Waals surface area contributed by atoms with Crippen molar-refractivity contribution in [3.8, 4) is 18.1 Å². The second-order valence-corrected chi connectivity index (χ2v) is 5.54. The second-order valence-electron chi connectivity index (χ2n) is 5.54. The SMILES string of the molecule is C#Cc1cc(B2OC(C)(C)C(C)(C)O2)c(OC)cn1. The molecule has 100 valence electrons. The van der Waals surface area contributed by atoms with Gasteiger partial charge in [-0.05, 0) is 33.8 Å². The van der Waals surface area contributed by atoms with Gasteiger partial charge in [0.2, 0.25) is 0 Å². The Labute approximate surface area is 114 Å². The lowest BCUT2D eigenvalue weighted by Crippen LogP contribution is -2.41. The summed E-state index contributed by atoms with van der Waals surface area (Å²) in [5.74, 6) is 3.11. The first kappa shape index (κ1) is 13.9. The van der Waals surface area contributed by atoms with Crippen LogP contribution in [0.15, 0.2) is 12.3 Å². The highest BCUT2D eigenvalue weighted by Crippen LogP contribution is 2.37. The minimum absolute atomic E-state index is 0.401. The molecular weight excluding hydrogens is 241 g/mol.